The molecule has 102 valence electrons. The van der Waals surface area contributed by atoms with E-state index in [0.29, 0.717) is 25.9 Å². The predicted molar refractivity (Wildman–Crippen MR) is 70.7 cm³/mol. The maximum absolute atomic E-state index is 11.9. The second-order valence-electron chi connectivity index (χ2n) is 4.65. The van der Waals surface area contributed by atoms with E-state index in [-0.39, 0.29) is 11.7 Å². The van der Waals surface area contributed by atoms with Crippen LogP contribution in [0.1, 0.15) is 19.8 Å². The molecule has 6 nitrogen and oxygen atoms in total. The molecule has 19 heavy (non-hydrogen) atoms. The number of piperazine rings is 1. The molecule has 1 saturated heterocycles. The van der Waals surface area contributed by atoms with E-state index in [1.54, 1.807) is 6.20 Å². The van der Waals surface area contributed by atoms with Crippen LogP contribution in [0, 0.1) is 0 Å². The van der Waals surface area contributed by atoms with Crippen molar-refractivity contribution in [2.75, 3.05) is 31.1 Å². The van der Waals surface area contributed by atoms with Crippen LogP contribution in [0.3, 0.4) is 0 Å². The highest BCUT2D eigenvalue weighted by atomic mass is 16.2. The van der Waals surface area contributed by atoms with Crippen molar-refractivity contribution in [1.29, 1.82) is 0 Å². The van der Waals surface area contributed by atoms with Gasteiger partial charge in [-0.25, -0.2) is 0 Å². The number of anilines is 1. The summed E-state index contributed by atoms with van der Waals surface area (Å²) in [5.74, 6) is 0.971. The molecule has 0 saturated carbocycles. The molecule has 1 fully saturated rings. The summed E-state index contributed by atoms with van der Waals surface area (Å²) < 4.78 is 0. The number of amides is 1. The lowest BCUT2D eigenvalue weighted by molar-refractivity contribution is -0.133. The average Bonchev–Trinajstić information content (AvgIpc) is 2.46. The van der Waals surface area contributed by atoms with E-state index in [1.165, 1.54) is 6.92 Å². The van der Waals surface area contributed by atoms with E-state index in [9.17, 15) is 9.59 Å². The van der Waals surface area contributed by atoms with E-state index < -0.39 is 0 Å². The number of hydrogen-bond donors (Lipinski definition) is 0. The minimum absolute atomic E-state index is 0.0616. The molecule has 0 spiro atoms. The molecule has 2 rings (SSSR count). The minimum atomic E-state index is 0.0616. The SMILES string of the molecule is CC(=O)CCC(=O)N1CCN(c2cccnn2)CC1. The van der Waals surface area contributed by atoms with Crippen molar-refractivity contribution < 1.29 is 9.59 Å². The molecule has 0 radical (unpaired) electrons. The van der Waals surface area contributed by atoms with Crippen molar-refractivity contribution in [3.63, 3.8) is 0 Å². The van der Waals surface area contributed by atoms with Gasteiger partial charge in [-0.2, -0.15) is 5.10 Å². The van der Waals surface area contributed by atoms with Crippen LogP contribution < -0.4 is 4.90 Å². The molecule has 0 aromatic carbocycles. The first kappa shape index (κ1) is 13.5. The highest BCUT2D eigenvalue weighted by molar-refractivity contribution is 5.83. The summed E-state index contributed by atoms with van der Waals surface area (Å²) in [7, 11) is 0. The summed E-state index contributed by atoms with van der Waals surface area (Å²) in [6, 6.07) is 3.77. The molecule has 1 aromatic rings. The Hall–Kier alpha value is -1.98. The summed E-state index contributed by atoms with van der Waals surface area (Å²) in [6.45, 7) is 4.37. The Morgan fingerprint density at radius 1 is 1.21 bits per heavy atom. The Morgan fingerprint density at radius 3 is 2.53 bits per heavy atom. The third kappa shape index (κ3) is 3.74. The highest BCUT2D eigenvalue weighted by Crippen LogP contribution is 2.12. The predicted octanol–water partition coefficient (Wildman–Crippen LogP) is 0.494. The number of rotatable bonds is 4. The van der Waals surface area contributed by atoms with Crippen LogP contribution in [0.25, 0.3) is 0 Å². The van der Waals surface area contributed by atoms with Gasteiger partial charge in [0.15, 0.2) is 5.82 Å². The smallest absolute Gasteiger partial charge is 0.223 e. The van der Waals surface area contributed by atoms with Gasteiger partial charge in [-0.15, -0.1) is 5.10 Å². The molecule has 2 heterocycles. The molecule has 0 aliphatic carbocycles. The first-order chi connectivity index (χ1) is 9.16. The second-order valence-corrected chi connectivity index (χ2v) is 4.65. The number of nitrogens with zero attached hydrogens (tertiary/aromatic N) is 4. The lowest BCUT2D eigenvalue weighted by Gasteiger charge is -2.35. The van der Waals surface area contributed by atoms with Crippen molar-refractivity contribution in [3.05, 3.63) is 18.3 Å². The van der Waals surface area contributed by atoms with Crippen LogP contribution >= 0.6 is 0 Å². The summed E-state index contributed by atoms with van der Waals surface area (Å²) in [5, 5.41) is 7.91. The molecule has 6 heteroatoms. The fourth-order valence-corrected chi connectivity index (χ4v) is 2.09. The number of carbonyl (C=O) groups excluding carboxylic acids is 2. The van der Waals surface area contributed by atoms with Crippen molar-refractivity contribution in [1.82, 2.24) is 15.1 Å². The van der Waals surface area contributed by atoms with E-state index in [0.717, 1.165) is 18.9 Å². The van der Waals surface area contributed by atoms with Crippen LogP contribution in [0.2, 0.25) is 0 Å². The zero-order valence-corrected chi connectivity index (χ0v) is 11.1. The molecule has 0 unspecified atom stereocenters. The Balaban J connectivity index is 1.82. The van der Waals surface area contributed by atoms with Gasteiger partial charge in [0.2, 0.25) is 5.91 Å². The molecule has 1 aliphatic rings. The summed E-state index contributed by atoms with van der Waals surface area (Å²) in [6.07, 6.45) is 2.30. The molecule has 1 aromatic heterocycles. The third-order valence-electron chi connectivity index (χ3n) is 3.21. The zero-order chi connectivity index (χ0) is 13.7. The van der Waals surface area contributed by atoms with Gasteiger partial charge in [-0.3, -0.25) is 4.79 Å². The Bertz CT molecular complexity index is 441. The number of carbonyl (C=O) groups is 2. The first-order valence-electron chi connectivity index (χ1n) is 6.46. The Morgan fingerprint density at radius 2 is 1.95 bits per heavy atom. The molecule has 0 N–H and O–H groups in total. The zero-order valence-electron chi connectivity index (χ0n) is 11.1. The first-order valence-corrected chi connectivity index (χ1v) is 6.46. The second kappa shape index (κ2) is 6.26. The van der Waals surface area contributed by atoms with E-state index in [4.69, 9.17) is 0 Å². The Labute approximate surface area is 112 Å². The number of hydrogen-bond acceptors (Lipinski definition) is 5. The number of aromatic nitrogens is 2. The van der Waals surface area contributed by atoms with Crippen molar-refractivity contribution in [2.45, 2.75) is 19.8 Å². The molecule has 0 atom stereocenters. The molecular formula is C13H18N4O2. The topological polar surface area (TPSA) is 66.4 Å². The molecule has 1 aliphatic heterocycles. The molecule has 0 bridgehead atoms. The summed E-state index contributed by atoms with van der Waals surface area (Å²) in [4.78, 5) is 26.7. The normalized spacial score (nSPS) is 15.4. The molecule has 1 amide bonds. The van der Waals surface area contributed by atoms with Crippen molar-refractivity contribution >= 4 is 17.5 Å². The minimum Gasteiger partial charge on any atom is -0.352 e. The Kier molecular flexibility index (Phi) is 4.43. The fraction of sp³-hybridized carbons (Fsp3) is 0.538. The maximum Gasteiger partial charge on any atom is 0.223 e. The van der Waals surface area contributed by atoms with Gasteiger partial charge in [0, 0.05) is 45.2 Å². The lowest BCUT2D eigenvalue weighted by atomic mass is 10.2. The number of Topliss-reactive ketones (excluding diaryl/α,β-unsaturated/α-hetero) is 1. The highest BCUT2D eigenvalue weighted by Gasteiger charge is 2.21. The van der Waals surface area contributed by atoms with Crippen molar-refractivity contribution in [3.8, 4) is 0 Å². The van der Waals surface area contributed by atoms with Gasteiger partial charge in [0.1, 0.15) is 5.78 Å². The van der Waals surface area contributed by atoms with Crippen molar-refractivity contribution in [2.24, 2.45) is 0 Å². The van der Waals surface area contributed by atoms with Gasteiger partial charge in [-0.1, -0.05) is 0 Å². The van der Waals surface area contributed by atoms with Crippen LogP contribution in [-0.4, -0.2) is 53.0 Å². The van der Waals surface area contributed by atoms with E-state index >= 15 is 0 Å². The standard InChI is InChI=1S/C13H18N4O2/c1-11(18)4-5-13(19)17-9-7-16(8-10-17)12-3-2-6-14-15-12/h2-3,6H,4-5,7-10H2,1H3. The van der Waals surface area contributed by atoms with E-state index in [1.807, 2.05) is 17.0 Å². The average molecular weight is 262 g/mol. The summed E-state index contributed by atoms with van der Waals surface area (Å²) in [5.41, 5.74) is 0. The number of ketones is 1. The van der Waals surface area contributed by atoms with Crippen LogP contribution in [0.5, 0.6) is 0 Å². The lowest BCUT2D eigenvalue weighted by Crippen LogP contribution is -2.49. The maximum atomic E-state index is 11.9. The fourth-order valence-electron chi connectivity index (χ4n) is 2.09. The van der Waals surface area contributed by atoms with Gasteiger partial charge in [-0.05, 0) is 19.1 Å². The summed E-state index contributed by atoms with van der Waals surface area (Å²) >= 11 is 0. The monoisotopic (exact) mass is 262 g/mol. The van der Waals surface area contributed by atoms with Gasteiger partial charge in [0.25, 0.3) is 0 Å². The van der Waals surface area contributed by atoms with Crippen LogP contribution in [0.15, 0.2) is 18.3 Å². The molecular weight excluding hydrogens is 244 g/mol. The largest absolute Gasteiger partial charge is 0.352 e. The van der Waals surface area contributed by atoms with Gasteiger partial charge < -0.3 is 14.6 Å². The third-order valence-corrected chi connectivity index (χ3v) is 3.21. The van der Waals surface area contributed by atoms with Crippen LogP contribution in [0.4, 0.5) is 5.82 Å². The van der Waals surface area contributed by atoms with Gasteiger partial charge >= 0.3 is 0 Å². The van der Waals surface area contributed by atoms with Gasteiger partial charge in [0.05, 0.1) is 0 Å². The quantitative estimate of drug-likeness (QED) is 0.790. The van der Waals surface area contributed by atoms with Crippen LogP contribution in [-0.2, 0) is 9.59 Å². The van der Waals surface area contributed by atoms with E-state index in [2.05, 4.69) is 15.1 Å².